The zero-order chi connectivity index (χ0) is 25.8. The molecule has 2 aromatic rings. The molecule has 192 valence electrons. The van der Waals surface area contributed by atoms with Crippen molar-refractivity contribution in [2.45, 2.75) is 44.8 Å². The minimum Gasteiger partial charge on any atom is -0.464 e. The van der Waals surface area contributed by atoms with Crippen molar-refractivity contribution < 1.29 is 23.9 Å². The molecule has 0 saturated heterocycles. The molecule has 8 nitrogen and oxygen atoms in total. The summed E-state index contributed by atoms with van der Waals surface area (Å²) in [5.41, 5.74) is 2.23. The first-order chi connectivity index (χ1) is 17.9. The summed E-state index contributed by atoms with van der Waals surface area (Å²) < 4.78 is 11.2. The molecule has 3 fully saturated rings. The van der Waals surface area contributed by atoms with Crippen molar-refractivity contribution in [2.24, 2.45) is 33.4 Å². The van der Waals surface area contributed by atoms with Crippen LogP contribution in [-0.4, -0.2) is 48.7 Å². The second-order valence-electron chi connectivity index (χ2n) is 11.0. The number of ether oxygens (including phenoxy) is 2. The summed E-state index contributed by atoms with van der Waals surface area (Å²) in [5, 5.41) is 10.9. The van der Waals surface area contributed by atoms with Gasteiger partial charge in [0.2, 0.25) is 6.10 Å². The van der Waals surface area contributed by atoms with E-state index in [1.165, 1.54) is 7.11 Å². The third kappa shape index (κ3) is 3.56. The molecule has 3 aliphatic carbocycles. The van der Waals surface area contributed by atoms with E-state index in [4.69, 9.17) is 19.4 Å². The lowest BCUT2D eigenvalue weighted by Crippen LogP contribution is -2.72. The van der Waals surface area contributed by atoms with Gasteiger partial charge in [-0.15, -0.1) is 0 Å². The van der Waals surface area contributed by atoms with Crippen LogP contribution in [0.25, 0.3) is 0 Å². The molecule has 2 aliphatic heterocycles. The van der Waals surface area contributed by atoms with Gasteiger partial charge in [0.25, 0.3) is 0 Å². The first-order valence-electron chi connectivity index (χ1n) is 12.8. The average Bonchev–Trinajstić information content (AvgIpc) is 3.56. The smallest absolute Gasteiger partial charge is 0.354 e. The van der Waals surface area contributed by atoms with Gasteiger partial charge < -0.3 is 14.3 Å². The highest BCUT2D eigenvalue weighted by atomic mass is 16.7. The second kappa shape index (κ2) is 8.71. The third-order valence-electron chi connectivity index (χ3n) is 9.01. The zero-order valence-electron chi connectivity index (χ0n) is 21.3. The van der Waals surface area contributed by atoms with Crippen LogP contribution in [-0.2, 0) is 23.9 Å². The number of hydrogen-bond donors (Lipinski definition) is 0. The summed E-state index contributed by atoms with van der Waals surface area (Å²) in [6.45, 7) is 4.63. The molecule has 2 aromatic carbocycles. The summed E-state index contributed by atoms with van der Waals surface area (Å²) in [7, 11) is 1.38. The van der Waals surface area contributed by atoms with E-state index in [-0.39, 0.29) is 23.9 Å². The Kier molecular flexibility index (Phi) is 5.58. The Morgan fingerprint density at radius 1 is 1.05 bits per heavy atom. The molecule has 0 aromatic heterocycles. The van der Waals surface area contributed by atoms with Crippen molar-refractivity contribution in [3.05, 3.63) is 66.2 Å². The van der Waals surface area contributed by atoms with Crippen LogP contribution < -0.4 is 5.01 Å². The fourth-order valence-electron chi connectivity index (χ4n) is 6.91. The molecule has 0 radical (unpaired) electrons. The van der Waals surface area contributed by atoms with Gasteiger partial charge in [-0.3, -0.25) is 5.01 Å². The molecular formula is C29H31N3O5. The quantitative estimate of drug-likeness (QED) is 0.552. The van der Waals surface area contributed by atoms with Crippen molar-refractivity contribution >= 4 is 29.0 Å². The molecule has 0 amide bonds. The van der Waals surface area contributed by atoms with Crippen LogP contribution in [0.1, 0.15) is 38.7 Å². The van der Waals surface area contributed by atoms with Crippen LogP contribution in [0.5, 0.6) is 0 Å². The number of benzene rings is 2. The van der Waals surface area contributed by atoms with E-state index in [1.54, 1.807) is 0 Å². The molecule has 5 atom stereocenters. The molecule has 37 heavy (non-hydrogen) atoms. The van der Waals surface area contributed by atoms with Crippen molar-refractivity contribution in [3.63, 3.8) is 0 Å². The second-order valence-corrected chi connectivity index (χ2v) is 11.0. The molecule has 0 spiro atoms. The van der Waals surface area contributed by atoms with E-state index in [0.29, 0.717) is 18.1 Å². The molecule has 0 unspecified atom stereocenters. The molecule has 2 bridgehead atoms. The molecule has 7 rings (SSSR count). The van der Waals surface area contributed by atoms with Crippen LogP contribution in [0.4, 0.5) is 5.69 Å². The molecule has 8 heteroatoms. The average molecular weight is 502 g/mol. The van der Waals surface area contributed by atoms with Crippen molar-refractivity contribution in [3.8, 4) is 0 Å². The Labute approximate surface area is 216 Å². The minimum absolute atomic E-state index is 0.0183. The maximum absolute atomic E-state index is 13.3. The summed E-state index contributed by atoms with van der Waals surface area (Å²) in [4.78, 5) is 31.6. The first kappa shape index (κ1) is 23.7. The van der Waals surface area contributed by atoms with Crippen LogP contribution in [0.2, 0.25) is 0 Å². The number of rotatable bonds is 6. The molecule has 3 saturated carbocycles. The normalized spacial score (nSPS) is 30.8. The highest BCUT2D eigenvalue weighted by molar-refractivity contribution is 6.38. The minimum atomic E-state index is -0.802. The number of anilines is 1. The maximum Gasteiger partial charge on any atom is 0.354 e. The van der Waals surface area contributed by atoms with Crippen LogP contribution in [0.15, 0.2) is 70.9 Å². The number of esters is 2. The monoisotopic (exact) mass is 501 g/mol. The van der Waals surface area contributed by atoms with Gasteiger partial charge in [-0.25, -0.2) is 9.59 Å². The Bertz CT molecular complexity index is 1270. The fourth-order valence-corrected chi connectivity index (χ4v) is 6.91. The van der Waals surface area contributed by atoms with Crippen molar-refractivity contribution in [2.75, 3.05) is 18.7 Å². The summed E-state index contributed by atoms with van der Waals surface area (Å²) in [6.07, 6.45) is 1.33. The number of hydrogen-bond acceptors (Lipinski definition) is 8. The van der Waals surface area contributed by atoms with Crippen molar-refractivity contribution in [1.82, 2.24) is 0 Å². The van der Waals surface area contributed by atoms with E-state index in [1.807, 2.05) is 65.7 Å². The number of carbonyl (C=O) groups excluding carboxylic acids is 2. The van der Waals surface area contributed by atoms with E-state index in [2.05, 4.69) is 19.0 Å². The lowest BCUT2D eigenvalue weighted by atomic mass is 9.40. The number of hydrazone groups is 1. The Balaban J connectivity index is 1.29. The number of oxime groups is 1. The SMILES string of the molecule is COC(=O)C1=NN(c2ccccc2)[C@@]2(COC(=O)[C@@H]3CC(c4ccccc4)=NO3)[C@@H]1C[C@H]1C[C@@H]2C1(C)C. The zero-order valence-corrected chi connectivity index (χ0v) is 21.3. The number of para-hydroxylation sites is 1. The first-order valence-corrected chi connectivity index (χ1v) is 12.8. The van der Waals surface area contributed by atoms with Crippen molar-refractivity contribution in [1.29, 1.82) is 0 Å². The predicted molar refractivity (Wildman–Crippen MR) is 138 cm³/mol. The van der Waals surface area contributed by atoms with E-state index < -0.39 is 23.6 Å². The fraction of sp³-hybridized carbons (Fsp3) is 0.448. The summed E-state index contributed by atoms with van der Waals surface area (Å²) >= 11 is 0. The number of methoxy groups -OCH3 is 1. The van der Waals surface area contributed by atoms with Gasteiger partial charge in [0.15, 0.2) is 5.71 Å². The van der Waals surface area contributed by atoms with Gasteiger partial charge in [0, 0.05) is 12.3 Å². The number of nitrogens with zero attached hydrogens (tertiary/aromatic N) is 3. The van der Waals surface area contributed by atoms with Gasteiger partial charge in [0.1, 0.15) is 12.1 Å². The highest BCUT2D eigenvalue weighted by Crippen LogP contribution is 2.68. The molecule has 2 heterocycles. The Morgan fingerprint density at radius 3 is 2.43 bits per heavy atom. The third-order valence-corrected chi connectivity index (χ3v) is 9.01. The largest absolute Gasteiger partial charge is 0.464 e. The van der Waals surface area contributed by atoms with Gasteiger partial charge in [-0.05, 0) is 47.8 Å². The topological polar surface area (TPSA) is 89.8 Å². The lowest BCUT2D eigenvalue weighted by molar-refractivity contribution is -0.174. The molecular weight excluding hydrogens is 470 g/mol. The highest BCUT2D eigenvalue weighted by Gasteiger charge is 2.71. The molecule has 0 N–H and O–H groups in total. The maximum atomic E-state index is 13.3. The van der Waals surface area contributed by atoms with Crippen LogP contribution >= 0.6 is 0 Å². The van der Waals surface area contributed by atoms with Gasteiger partial charge in [-0.1, -0.05) is 67.5 Å². The lowest BCUT2D eigenvalue weighted by Gasteiger charge is -2.67. The van der Waals surface area contributed by atoms with E-state index >= 15 is 0 Å². The van der Waals surface area contributed by atoms with Gasteiger partial charge in [0.05, 0.1) is 18.5 Å². The molecule has 5 aliphatic rings. The summed E-state index contributed by atoms with van der Waals surface area (Å²) in [6, 6.07) is 19.5. The number of carbonyl (C=O) groups is 2. The van der Waals surface area contributed by atoms with E-state index in [9.17, 15) is 9.59 Å². The van der Waals surface area contributed by atoms with Gasteiger partial charge in [-0.2, -0.15) is 5.10 Å². The van der Waals surface area contributed by atoms with Gasteiger partial charge >= 0.3 is 11.9 Å². The Morgan fingerprint density at radius 2 is 1.76 bits per heavy atom. The standard InChI is InChI=1S/C29H31N3O5/c1-28(2)19-14-21-25(27(34)35-3)30-32(20-12-8-5-9-13-20)29(21,24(28)15-19)17-36-26(33)23-16-22(31-37-23)18-10-6-4-7-11-18/h4-13,19,21,23-24H,14-17H2,1-3H3/t19-,21+,23-,24+,29-/m0/s1. The van der Waals surface area contributed by atoms with E-state index in [0.717, 1.165) is 29.8 Å². The summed E-state index contributed by atoms with van der Waals surface area (Å²) in [5.74, 6) is -0.453. The predicted octanol–water partition coefficient (Wildman–Crippen LogP) is 4.19. The van der Waals surface area contributed by atoms with Crippen LogP contribution in [0, 0.1) is 23.2 Å². The van der Waals surface area contributed by atoms with Crippen LogP contribution in [0.3, 0.4) is 0 Å². The Hall–Kier alpha value is -3.68.